The van der Waals surface area contributed by atoms with Crippen molar-refractivity contribution in [2.45, 2.75) is 83.0 Å². The Hall–Kier alpha value is -0.560. The van der Waals surface area contributed by atoms with Crippen molar-refractivity contribution in [2.75, 3.05) is 6.61 Å². The molecule has 0 aromatic heterocycles. The van der Waals surface area contributed by atoms with Crippen molar-refractivity contribution >= 4 is 0 Å². The van der Waals surface area contributed by atoms with Crippen LogP contribution >= 0.6 is 0 Å². The molecule has 0 amide bonds. The third kappa shape index (κ3) is 2.52. The zero-order chi connectivity index (χ0) is 17.8. The van der Waals surface area contributed by atoms with Crippen LogP contribution in [0.3, 0.4) is 0 Å². The second kappa shape index (κ2) is 6.25. The monoisotopic (exact) mass is 346 g/mol. The number of fused-ring (bicyclic) bond motifs is 5. The fourth-order valence-corrected chi connectivity index (χ4v) is 7.55. The van der Waals surface area contributed by atoms with Crippen LogP contribution in [0.2, 0.25) is 0 Å². The van der Waals surface area contributed by atoms with E-state index < -0.39 is 5.60 Å². The van der Waals surface area contributed by atoms with E-state index in [-0.39, 0.29) is 17.6 Å². The summed E-state index contributed by atoms with van der Waals surface area (Å²) >= 11 is 0. The van der Waals surface area contributed by atoms with Gasteiger partial charge in [-0.05, 0) is 87.4 Å². The normalized spacial score (nSPS) is 54.9. The van der Waals surface area contributed by atoms with E-state index in [1.165, 1.54) is 0 Å². The lowest BCUT2D eigenvalue weighted by molar-refractivity contribution is -0.166. The summed E-state index contributed by atoms with van der Waals surface area (Å²) in [4.78, 5) is 0. The van der Waals surface area contributed by atoms with Crippen LogP contribution in [0.5, 0.6) is 0 Å². The maximum atomic E-state index is 11.1. The van der Waals surface area contributed by atoms with Gasteiger partial charge in [0.05, 0.1) is 12.2 Å². The van der Waals surface area contributed by atoms with E-state index in [2.05, 4.69) is 12.8 Å². The maximum absolute atomic E-state index is 11.1. The highest BCUT2D eigenvalue weighted by molar-refractivity contribution is 5.20. The molecule has 4 unspecified atom stereocenters. The molecule has 4 rings (SSSR count). The second-order valence-electron chi connectivity index (χ2n) is 9.47. The summed E-state index contributed by atoms with van der Waals surface area (Å²) in [5.74, 6) is 5.34. The molecule has 4 saturated carbocycles. The van der Waals surface area contributed by atoms with Gasteiger partial charge >= 0.3 is 0 Å². The van der Waals surface area contributed by atoms with Crippen LogP contribution in [-0.2, 0) is 4.74 Å². The predicted octanol–water partition coefficient (Wildman–Crippen LogP) is 3.38. The molecule has 0 aromatic carbocycles. The van der Waals surface area contributed by atoms with Gasteiger partial charge in [-0.2, -0.15) is 0 Å². The third-order valence-electron chi connectivity index (χ3n) is 8.68. The zero-order valence-corrected chi connectivity index (χ0v) is 15.8. The Morgan fingerprint density at radius 1 is 1.08 bits per heavy atom. The molecule has 4 fully saturated rings. The molecule has 0 aliphatic heterocycles. The van der Waals surface area contributed by atoms with Gasteiger partial charge in [0.1, 0.15) is 5.60 Å². The minimum atomic E-state index is -0.398. The minimum absolute atomic E-state index is 0.170. The third-order valence-corrected chi connectivity index (χ3v) is 8.68. The first kappa shape index (κ1) is 17.8. The van der Waals surface area contributed by atoms with Gasteiger partial charge in [0.15, 0.2) is 0 Å². The fraction of sp³-hybridized carbons (Fsp3) is 0.909. The first-order valence-corrected chi connectivity index (χ1v) is 10.4. The topological polar surface area (TPSA) is 49.7 Å². The molecule has 4 aliphatic carbocycles. The summed E-state index contributed by atoms with van der Waals surface area (Å²) in [6, 6.07) is 0. The lowest BCUT2D eigenvalue weighted by atomic mass is 9.46. The minimum Gasteiger partial charge on any atom is -0.393 e. The first-order valence-electron chi connectivity index (χ1n) is 10.4. The second-order valence-corrected chi connectivity index (χ2v) is 9.47. The van der Waals surface area contributed by atoms with Gasteiger partial charge in [-0.1, -0.05) is 12.8 Å². The number of ether oxygens (including phenoxy) is 1. The van der Waals surface area contributed by atoms with E-state index in [0.717, 1.165) is 51.4 Å². The van der Waals surface area contributed by atoms with Crippen LogP contribution in [-0.4, -0.2) is 34.6 Å². The van der Waals surface area contributed by atoms with E-state index in [1.54, 1.807) is 0 Å². The molecular formula is C22H34O3. The molecular weight excluding hydrogens is 312 g/mol. The largest absolute Gasteiger partial charge is 0.393 e. The highest BCUT2D eigenvalue weighted by Gasteiger charge is 2.62. The van der Waals surface area contributed by atoms with Crippen LogP contribution in [0, 0.1) is 47.3 Å². The van der Waals surface area contributed by atoms with E-state index in [0.29, 0.717) is 36.2 Å². The Labute approximate surface area is 152 Å². The van der Waals surface area contributed by atoms with E-state index in [4.69, 9.17) is 11.2 Å². The summed E-state index contributed by atoms with van der Waals surface area (Å²) < 4.78 is 6.12. The molecule has 0 bridgehead atoms. The van der Waals surface area contributed by atoms with E-state index in [9.17, 15) is 10.2 Å². The average Bonchev–Trinajstić information content (AvgIpc) is 2.96. The summed E-state index contributed by atoms with van der Waals surface area (Å²) in [5, 5.41) is 21.2. The highest BCUT2D eigenvalue weighted by atomic mass is 16.5. The van der Waals surface area contributed by atoms with Gasteiger partial charge < -0.3 is 14.9 Å². The van der Waals surface area contributed by atoms with Crippen molar-refractivity contribution in [3.63, 3.8) is 0 Å². The number of hydrogen-bond donors (Lipinski definition) is 2. The lowest BCUT2D eigenvalue weighted by Crippen LogP contribution is -2.57. The Balaban J connectivity index is 1.63. The summed E-state index contributed by atoms with van der Waals surface area (Å²) in [6.07, 6.45) is 13.6. The van der Waals surface area contributed by atoms with Crippen LogP contribution < -0.4 is 0 Å². The van der Waals surface area contributed by atoms with Gasteiger partial charge in [-0.25, -0.2) is 0 Å². The molecule has 0 radical (unpaired) electrons. The molecule has 0 saturated heterocycles. The quantitative estimate of drug-likeness (QED) is 0.754. The SMILES string of the molecule is C#C[C@]1(OCC)CCC2C3C(CCC21)[C@@]1(C)CC[C@@H](O)C[C@@H]1C[C@@H]3O. The van der Waals surface area contributed by atoms with Crippen molar-refractivity contribution in [3.05, 3.63) is 0 Å². The smallest absolute Gasteiger partial charge is 0.131 e. The van der Waals surface area contributed by atoms with Crippen LogP contribution in [0.1, 0.15) is 65.2 Å². The van der Waals surface area contributed by atoms with Crippen molar-refractivity contribution in [2.24, 2.45) is 35.0 Å². The first-order chi connectivity index (χ1) is 11.9. The number of rotatable bonds is 2. The van der Waals surface area contributed by atoms with Crippen LogP contribution in [0.4, 0.5) is 0 Å². The van der Waals surface area contributed by atoms with Gasteiger partial charge in [-0.3, -0.25) is 0 Å². The fourth-order valence-electron chi connectivity index (χ4n) is 7.55. The number of aliphatic hydroxyl groups is 2. The molecule has 2 N–H and O–H groups in total. The maximum Gasteiger partial charge on any atom is 0.131 e. The van der Waals surface area contributed by atoms with Gasteiger partial charge in [0, 0.05) is 12.5 Å². The van der Waals surface area contributed by atoms with E-state index in [1.807, 2.05) is 6.92 Å². The zero-order valence-electron chi connectivity index (χ0n) is 15.8. The summed E-state index contributed by atoms with van der Waals surface area (Å²) in [6.45, 7) is 5.15. The Kier molecular flexibility index (Phi) is 4.46. The van der Waals surface area contributed by atoms with Crippen LogP contribution in [0.15, 0.2) is 0 Å². The highest BCUT2D eigenvalue weighted by Crippen LogP contribution is 2.64. The molecule has 9 atom stereocenters. The van der Waals surface area contributed by atoms with Gasteiger partial charge in [-0.15, -0.1) is 6.42 Å². The Bertz CT molecular complexity index is 554. The predicted molar refractivity (Wildman–Crippen MR) is 97.7 cm³/mol. The standard InChI is InChI=1S/C22H34O3/c1-4-22(25-5-2)11-9-16-17(22)6-7-18-20(16)19(24)13-14-12-15(23)8-10-21(14,18)3/h1,14-20,23-24H,5-13H2,2-3H3/t14-,15-,16?,17?,18?,19+,20?,21+,22+/m1/s1. The molecule has 3 nitrogen and oxygen atoms in total. The van der Waals surface area contributed by atoms with Crippen molar-refractivity contribution in [3.8, 4) is 12.3 Å². The van der Waals surface area contributed by atoms with Gasteiger partial charge in [0.25, 0.3) is 0 Å². The van der Waals surface area contributed by atoms with Crippen LogP contribution in [0.25, 0.3) is 0 Å². The summed E-state index contributed by atoms with van der Waals surface area (Å²) in [5.41, 5.74) is -0.119. The lowest BCUT2D eigenvalue weighted by Gasteiger charge is -2.60. The number of aliphatic hydroxyl groups excluding tert-OH is 2. The molecule has 140 valence electrons. The van der Waals surface area contributed by atoms with Crippen molar-refractivity contribution in [1.82, 2.24) is 0 Å². The van der Waals surface area contributed by atoms with Crippen molar-refractivity contribution < 1.29 is 14.9 Å². The molecule has 25 heavy (non-hydrogen) atoms. The Morgan fingerprint density at radius 2 is 1.84 bits per heavy atom. The number of terminal acetylenes is 1. The number of hydrogen-bond acceptors (Lipinski definition) is 3. The molecule has 4 aliphatic rings. The summed E-state index contributed by atoms with van der Waals surface area (Å²) in [7, 11) is 0. The molecule has 0 aromatic rings. The van der Waals surface area contributed by atoms with Crippen molar-refractivity contribution in [1.29, 1.82) is 0 Å². The molecule has 0 spiro atoms. The molecule has 0 heterocycles. The van der Waals surface area contributed by atoms with E-state index >= 15 is 0 Å². The van der Waals surface area contributed by atoms with Gasteiger partial charge in [0.2, 0.25) is 0 Å². The Morgan fingerprint density at radius 3 is 2.56 bits per heavy atom. The molecule has 3 heteroatoms. The average molecular weight is 347 g/mol.